The Morgan fingerprint density at radius 2 is 1.32 bits per heavy atom. The number of aliphatic hydroxyl groups is 1. The topological polar surface area (TPSA) is 369 Å². The van der Waals surface area contributed by atoms with Gasteiger partial charge in [-0.3, -0.25) is 38.1 Å². The number of rotatable bonds is 44. The second-order valence-electron chi connectivity index (χ2n) is 27.5. The summed E-state index contributed by atoms with van der Waals surface area (Å²) in [5.41, 5.74) is 3.02. The summed E-state index contributed by atoms with van der Waals surface area (Å²) in [5.74, 6) is -2.44. The van der Waals surface area contributed by atoms with Gasteiger partial charge in [0.1, 0.15) is 18.5 Å². The van der Waals surface area contributed by atoms with E-state index in [0.717, 1.165) is 47.2 Å². The molecule has 1 aromatic heterocycles. The molecule has 0 spiro atoms. The van der Waals surface area contributed by atoms with Gasteiger partial charge in [-0.25, -0.2) is 4.68 Å². The number of hydrogen-bond acceptors (Lipinski definition) is 23. The Hall–Kier alpha value is -6.82. The monoisotopic (exact) mass is 1470 g/mol. The van der Waals surface area contributed by atoms with Crippen LogP contribution in [0.3, 0.4) is 0 Å². The minimum Gasteiger partial charge on any atom is -0.393 e. The third-order valence-corrected chi connectivity index (χ3v) is 21.6. The second kappa shape index (κ2) is 38.1. The van der Waals surface area contributed by atoms with Crippen molar-refractivity contribution in [1.29, 1.82) is 0 Å². The lowest BCUT2D eigenvalue weighted by molar-refractivity contribution is -0.206. The number of aromatic nitrogens is 3. The molecule has 572 valence electrons. The van der Waals surface area contributed by atoms with Crippen molar-refractivity contribution in [3.8, 4) is 22.5 Å². The van der Waals surface area contributed by atoms with Crippen LogP contribution in [-0.4, -0.2) is 254 Å². The number of amides is 5. The fraction of sp³-hybridized carbons (Fsp3) is 0.658. The summed E-state index contributed by atoms with van der Waals surface area (Å²) >= 11 is 0. The van der Waals surface area contributed by atoms with E-state index in [9.17, 15) is 47.1 Å². The highest BCUT2D eigenvalue weighted by atomic mass is 32.2. The summed E-state index contributed by atoms with van der Waals surface area (Å²) in [7, 11) is -4.14. The molecule has 2 unspecified atom stereocenters. The SMILES string of the molecule is CCCC1O[C@@H]2C[C@H]3[C@@H]4CCC5=CC(=O)C=C[C@]5(C)[C@H]4[C@@H](O)C[C@]3(C)[C@]2(C(=O)COC2CCN2C(=O)CNC(=O)CCOCCOCCOCCOCCNC(=O)CCC(=O)N2Cc3ccccc3-c3nnn(CCOCCOCCOCCOCCC(=O)NCCS(=O)(=O)O)c3-c3ccccc32)O1. The van der Waals surface area contributed by atoms with Crippen molar-refractivity contribution < 1.29 is 104 Å². The first-order chi connectivity index (χ1) is 50.2. The summed E-state index contributed by atoms with van der Waals surface area (Å²) in [4.78, 5) is 95.2. The maximum Gasteiger partial charge on any atom is 0.266 e. The number of carbonyl (C=O) groups is 7. The van der Waals surface area contributed by atoms with E-state index in [1.54, 1.807) is 21.7 Å². The third-order valence-electron chi connectivity index (χ3n) is 20.9. The zero-order chi connectivity index (χ0) is 73.7. The fourth-order valence-corrected chi connectivity index (χ4v) is 16.1. The van der Waals surface area contributed by atoms with Crippen LogP contribution in [0.5, 0.6) is 0 Å². The first kappa shape index (κ1) is 79.7. The number of nitrogens with one attached hydrogen (secondary N) is 3. The van der Waals surface area contributed by atoms with Crippen LogP contribution in [0, 0.1) is 28.6 Å². The number of carbonyl (C=O) groups excluding carboxylic acids is 7. The van der Waals surface area contributed by atoms with Gasteiger partial charge in [-0.1, -0.05) is 86.5 Å². The Labute approximate surface area is 606 Å². The highest BCUT2D eigenvalue weighted by Crippen LogP contribution is 2.70. The van der Waals surface area contributed by atoms with Crippen LogP contribution >= 0.6 is 0 Å². The van der Waals surface area contributed by atoms with Crippen molar-refractivity contribution in [2.45, 2.75) is 135 Å². The average molecular weight is 1480 g/mol. The number of aliphatic hydroxyl groups excluding tert-OH is 1. The van der Waals surface area contributed by atoms with Gasteiger partial charge in [0, 0.05) is 79.6 Å². The zero-order valence-electron chi connectivity index (χ0n) is 59.8. The number of hydrogen-bond donors (Lipinski definition) is 5. The largest absolute Gasteiger partial charge is 0.393 e. The number of fused-ring (bicyclic) bond motifs is 12. The smallest absolute Gasteiger partial charge is 0.266 e. The predicted octanol–water partition coefficient (Wildman–Crippen LogP) is 3.70. The molecule has 10 atom stereocenters. The van der Waals surface area contributed by atoms with Gasteiger partial charge in [-0.2, -0.15) is 8.42 Å². The van der Waals surface area contributed by atoms with Crippen molar-refractivity contribution in [1.82, 2.24) is 35.8 Å². The lowest BCUT2D eigenvalue weighted by atomic mass is 9.46. The number of likely N-dealkylation sites (tertiary alicyclic amines) is 1. The normalized spacial score (nSPS) is 25.0. The van der Waals surface area contributed by atoms with Crippen LogP contribution in [0.15, 0.2) is 72.3 Å². The highest BCUT2D eigenvalue weighted by molar-refractivity contribution is 7.85. The van der Waals surface area contributed by atoms with Gasteiger partial charge in [0.05, 0.1) is 155 Å². The number of anilines is 1. The number of ether oxygens (including phenoxy) is 11. The van der Waals surface area contributed by atoms with E-state index < -0.39 is 57.0 Å². The van der Waals surface area contributed by atoms with E-state index in [2.05, 4.69) is 40.1 Å². The van der Waals surface area contributed by atoms with Gasteiger partial charge < -0.3 is 83.0 Å². The highest BCUT2D eigenvalue weighted by Gasteiger charge is 2.76. The molecule has 31 heteroatoms. The fourth-order valence-electron chi connectivity index (χ4n) is 15.8. The first-order valence-corrected chi connectivity index (χ1v) is 38.0. The molecule has 4 heterocycles. The lowest BCUT2D eigenvalue weighted by Crippen LogP contribution is -2.64. The lowest BCUT2D eigenvalue weighted by Gasteiger charge is -2.59. The standard InChI is InChI=1S/C73H102N8O22S/c1-4-9-67-102-60-45-56-54-15-14-51-44-52(82)18-22-71(51,2)68(54)58(83)46-72(56,3)73(60,103-67)59(84)49-101-66-19-25-79(66)65(89)47-76-63(87)21-28-94-32-36-98-39-41-99-37-33-95-29-23-74-61(85)16-17-64(88)80-48-50-10-5-6-11-53(50)69-70(55-12-7-8-13-57(55)80)81(78-77-69)26-30-96-34-38-100-42-40-97-35-31-93-27-20-62(86)75-24-43-104(90,91)92/h5-8,10-13,18,22,44,54,56,58,60,66-68,83H,4,9,14-17,19-21,23-43,45-49H2,1-3H3,(H,74,85)(H,75,86)(H,76,87)(H,90,91,92)/t54-,56-,58-,60+,66?,67?,68+,71-,72-,73+/m0/s1. The van der Waals surface area contributed by atoms with Crippen molar-refractivity contribution in [2.75, 3.05) is 149 Å². The van der Waals surface area contributed by atoms with Gasteiger partial charge >= 0.3 is 0 Å². The van der Waals surface area contributed by atoms with Crippen LogP contribution in [-0.2, 0) is 109 Å². The molecule has 4 aliphatic carbocycles. The molecule has 0 bridgehead atoms. The van der Waals surface area contributed by atoms with Crippen LogP contribution in [0.1, 0.15) is 97.0 Å². The number of nitrogens with zero attached hydrogens (tertiary/aromatic N) is 5. The van der Waals surface area contributed by atoms with E-state index in [1.807, 2.05) is 61.5 Å². The molecule has 2 saturated heterocycles. The Balaban J connectivity index is 0.539. The second-order valence-corrected chi connectivity index (χ2v) is 29.1. The molecule has 5 N–H and O–H groups in total. The van der Waals surface area contributed by atoms with Gasteiger partial charge in [-0.05, 0) is 67.7 Å². The number of ketones is 2. The van der Waals surface area contributed by atoms with Gasteiger partial charge in [0.15, 0.2) is 23.5 Å². The average Bonchev–Trinajstić information content (AvgIpc) is 1.37. The van der Waals surface area contributed by atoms with E-state index in [1.165, 1.54) is 4.90 Å². The summed E-state index contributed by atoms with van der Waals surface area (Å²) < 4.78 is 96.4. The van der Waals surface area contributed by atoms with Crippen molar-refractivity contribution >= 4 is 56.9 Å². The quantitative estimate of drug-likeness (QED) is 0.0398. The third kappa shape index (κ3) is 20.1. The molecule has 104 heavy (non-hydrogen) atoms. The molecule has 30 nitrogen and oxygen atoms in total. The predicted molar refractivity (Wildman–Crippen MR) is 374 cm³/mol. The van der Waals surface area contributed by atoms with Crippen molar-refractivity contribution in [3.05, 3.63) is 77.9 Å². The van der Waals surface area contributed by atoms with E-state index in [0.29, 0.717) is 116 Å². The number of para-hydroxylation sites is 1. The zero-order valence-corrected chi connectivity index (χ0v) is 60.7. The molecule has 3 saturated carbocycles. The summed E-state index contributed by atoms with van der Waals surface area (Å²) in [6.45, 7) is 11.2. The molecular weight excluding hydrogens is 1370 g/mol. The van der Waals surface area contributed by atoms with Crippen molar-refractivity contribution in [2.24, 2.45) is 28.6 Å². The van der Waals surface area contributed by atoms with Crippen LogP contribution in [0.2, 0.25) is 0 Å². The van der Waals surface area contributed by atoms with Crippen LogP contribution < -0.4 is 20.9 Å². The molecule has 10 rings (SSSR count). The van der Waals surface area contributed by atoms with Gasteiger partial charge in [-0.15, -0.1) is 5.10 Å². The minimum atomic E-state index is -4.14. The molecule has 3 aliphatic heterocycles. The maximum absolute atomic E-state index is 14.8. The number of allylic oxidation sites excluding steroid dienone is 4. The Morgan fingerprint density at radius 1 is 0.712 bits per heavy atom. The number of Topliss-reactive ketones (excluding diaryl/α,β-unsaturated/α-hetero) is 1. The molecule has 3 aromatic rings. The molecule has 5 amide bonds. The summed E-state index contributed by atoms with van der Waals surface area (Å²) in [6.07, 6.45) is 7.29. The maximum atomic E-state index is 14.8. The van der Waals surface area contributed by atoms with Gasteiger partial charge in [0.25, 0.3) is 10.1 Å². The van der Waals surface area contributed by atoms with E-state index >= 15 is 0 Å². The first-order valence-electron chi connectivity index (χ1n) is 36.4. The molecule has 0 radical (unpaired) electrons. The van der Waals surface area contributed by atoms with Gasteiger partial charge in [0.2, 0.25) is 29.5 Å². The molecule has 5 fully saturated rings. The summed E-state index contributed by atoms with van der Waals surface area (Å²) in [5, 5.41) is 29.1. The Bertz CT molecular complexity index is 3610. The van der Waals surface area contributed by atoms with E-state index in [4.69, 9.17) is 56.7 Å². The molecular formula is C73H102N8O22S. The van der Waals surface area contributed by atoms with E-state index in [-0.39, 0.29) is 157 Å². The molecule has 7 aliphatic rings. The van der Waals surface area contributed by atoms with Crippen LogP contribution in [0.25, 0.3) is 22.5 Å². The minimum absolute atomic E-state index is 0.0250. The van der Waals surface area contributed by atoms with Crippen molar-refractivity contribution in [3.63, 3.8) is 0 Å². The Kier molecular flexibility index (Phi) is 29.2. The van der Waals surface area contributed by atoms with Crippen LogP contribution in [0.4, 0.5) is 5.69 Å². The summed E-state index contributed by atoms with van der Waals surface area (Å²) in [6, 6.07) is 15.3. The number of benzene rings is 2. The Morgan fingerprint density at radius 3 is 1.97 bits per heavy atom. The molecule has 2 aromatic carbocycles.